The average molecular weight is 652 g/mol. The van der Waals surface area contributed by atoms with E-state index in [9.17, 15) is 39.3 Å². The van der Waals surface area contributed by atoms with Crippen molar-refractivity contribution >= 4 is 91.4 Å². The Morgan fingerprint density at radius 3 is 2.21 bits per heavy atom. The van der Waals surface area contributed by atoms with E-state index in [1.807, 2.05) is 13.8 Å². The number of nitrogens with zero attached hydrogens (tertiary/aromatic N) is 3. The number of anilines is 1. The van der Waals surface area contributed by atoms with Gasteiger partial charge >= 0.3 is 17.9 Å². The molecule has 5 rings (SSSR count). The lowest BCUT2D eigenvalue weighted by Gasteiger charge is -2.19. The van der Waals surface area contributed by atoms with Crippen LogP contribution in [0.1, 0.15) is 13.8 Å². The third kappa shape index (κ3) is 5.51. The number of fused-ring (bicyclic) bond motifs is 2. The van der Waals surface area contributed by atoms with Crippen LogP contribution in [0.3, 0.4) is 0 Å². The second-order valence-corrected chi connectivity index (χ2v) is 13.1. The number of benzene rings is 1. The van der Waals surface area contributed by atoms with Crippen LogP contribution >= 0.6 is 47.1 Å². The smallest absolute Gasteiger partial charge is 0.323 e. The van der Waals surface area contributed by atoms with Gasteiger partial charge < -0.3 is 29.7 Å². The number of carboxylic acid groups (broad SMARTS) is 3. The van der Waals surface area contributed by atoms with Gasteiger partial charge in [0.05, 0.1) is 15.2 Å². The van der Waals surface area contributed by atoms with Crippen molar-refractivity contribution in [1.29, 1.82) is 0 Å². The lowest BCUT2D eigenvalue weighted by atomic mass is 10.0. The summed E-state index contributed by atoms with van der Waals surface area (Å²) < 4.78 is 12.0. The minimum Gasteiger partial charge on any atom is -0.480 e. The van der Waals surface area contributed by atoms with Gasteiger partial charge in [0.15, 0.2) is 11.5 Å². The highest BCUT2D eigenvalue weighted by atomic mass is 32.2. The summed E-state index contributed by atoms with van der Waals surface area (Å²) in [7, 11) is 0. The fraction of sp³-hybridized carbons (Fsp3) is 0.280. The molecule has 3 N–H and O–H groups in total. The molecule has 220 valence electrons. The number of hydrogen-bond acceptors (Lipinski definition) is 12. The molecule has 13 nitrogen and oxygen atoms in total. The first kappa shape index (κ1) is 29.7. The van der Waals surface area contributed by atoms with Crippen molar-refractivity contribution in [1.82, 2.24) is 9.47 Å². The molecule has 0 aliphatic carbocycles. The van der Waals surface area contributed by atoms with Gasteiger partial charge in [0, 0.05) is 17.0 Å². The van der Waals surface area contributed by atoms with E-state index >= 15 is 0 Å². The number of thiocarbonyl (C=S) groups is 1. The van der Waals surface area contributed by atoms with Crippen LogP contribution in [0.5, 0.6) is 11.5 Å². The number of aliphatic carboxylic acids is 3. The van der Waals surface area contributed by atoms with Crippen LogP contribution in [0, 0.1) is 5.92 Å². The Labute approximate surface area is 254 Å². The Balaban J connectivity index is 1.72. The Kier molecular flexibility index (Phi) is 8.10. The van der Waals surface area contributed by atoms with Crippen LogP contribution in [0.4, 0.5) is 5.69 Å². The highest BCUT2D eigenvalue weighted by Gasteiger charge is 2.36. The van der Waals surface area contributed by atoms with Gasteiger partial charge in [-0.3, -0.25) is 33.4 Å². The average Bonchev–Trinajstić information content (AvgIpc) is 3.63. The first-order valence-electron chi connectivity index (χ1n) is 12.1. The molecule has 1 saturated heterocycles. The number of aromatic nitrogens is 1. The van der Waals surface area contributed by atoms with Gasteiger partial charge in [-0.2, -0.15) is 0 Å². The fourth-order valence-electron chi connectivity index (χ4n) is 4.36. The van der Waals surface area contributed by atoms with Gasteiger partial charge in [-0.05, 0) is 17.6 Å². The Bertz CT molecular complexity index is 1790. The van der Waals surface area contributed by atoms with Crippen LogP contribution in [0.15, 0.2) is 32.9 Å². The van der Waals surface area contributed by atoms with E-state index in [1.54, 1.807) is 23.1 Å². The van der Waals surface area contributed by atoms with Crippen molar-refractivity contribution in [2.24, 2.45) is 5.92 Å². The number of carboxylic acids is 3. The molecule has 1 aromatic heterocycles. The number of amides is 1. The molecular weight excluding hydrogens is 631 g/mol. The summed E-state index contributed by atoms with van der Waals surface area (Å²) in [4.78, 5) is 64.7. The highest BCUT2D eigenvalue weighted by molar-refractivity contribution is 8.30. The summed E-state index contributed by atoms with van der Waals surface area (Å²) in [5, 5.41) is 28.9. The van der Waals surface area contributed by atoms with Crippen LogP contribution in [0.2, 0.25) is 0 Å². The maximum absolute atomic E-state index is 13.7. The monoisotopic (exact) mass is 651 g/mol. The second-order valence-electron chi connectivity index (χ2n) is 9.35. The second kappa shape index (κ2) is 11.5. The maximum atomic E-state index is 13.7. The molecule has 0 radical (unpaired) electrons. The number of carbonyl (C=O) groups excluding carboxylic acids is 1. The van der Waals surface area contributed by atoms with E-state index in [4.69, 9.17) is 21.7 Å². The summed E-state index contributed by atoms with van der Waals surface area (Å²) in [6, 6.07) is 3.44. The maximum Gasteiger partial charge on any atom is 0.323 e. The molecule has 3 aliphatic heterocycles. The molecule has 2 aromatic rings. The molecule has 17 heteroatoms. The van der Waals surface area contributed by atoms with Crippen molar-refractivity contribution in [2.75, 3.05) is 24.8 Å². The fourth-order valence-corrected chi connectivity index (χ4v) is 8.20. The van der Waals surface area contributed by atoms with Crippen molar-refractivity contribution in [3.05, 3.63) is 42.8 Å². The van der Waals surface area contributed by atoms with Crippen molar-refractivity contribution < 1.29 is 44.0 Å². The first-order chi connectivity index (χ1) is 19.8. The van der Waals surface area contributed by atoms with Gasteiger partial charge in [-0.25, -0.2) is 0 Å². The summed E-state index contributed by atoms with van der Waals surface area (Å²) in [6.45, 7) is 1.90. The highest BCUT2D eigenvalue weighted by Crippen LogP contribution is 2.51. The van der Waals surface area contributed by atoms with Crippen LogP contribution < -0.4 is 29.1 Å². The number of carbonyl (C=O) groups is 4. The number of thioether (sulfide) groups is 2. The Morgan fingerprint density at radius 1 is 0.976 bits per heavy atom. The van der Waals surface area contributed by atoms with E-state index in [0.29, 0.717) is 27.8 Å². The third-order valence-electron chi connectivity index (χ3n) is 6.20. The molecular formula is C25H21N3O10S4. The van der Waals surface area contributed by atoms with Gasteiger partial charge in [-0.1, -0.05) is 49.6 Å². The molecule has 0 spiro atoms. The zero-order valence-electron chi connectivity index (χ0n) is 21.8. The number of allylic oxidation sites excluding steroid dienone is 1. The topological polar surface area (TPSA) is 176 Å². The molecule has 0 unspecified atom stereocenters. The molecule has 42 heavy (non-hydrogen) atoms. The zero-order chi connectivity index (χ0) is 30.5. The quantitative estimate of drug-likeness (QED) is 0.346. The summed E-state index contributed by atoms with van der Waals surface area (Å²) in [5.41, 5.74) is 0.418. The van der Waals surface area contributed by atoms with Gasteiger partial charge in [0.2, 0.25) is 6.79 Å². The number of ether oxygens (including phenoxy) is 2. The normalized spacial score (nSPS) is 18.8. The number of rotatable bonds is 8. The molecule has 0 saturated carbocycles. The van der Waals surface area contributed by atoms with Crippen LogP contribution in [-0.4, -0.2) is 72.8 Å². The minimum absolute atomic E-state index is 0.0267. The Morgan fingerprint density at radius 2 is 1.60 bits per heavy atom. The van der Waals surface area contributed by atoms with E-state index in [1.165, 1.54) is 11.8 Å². The Hall–Kier alpha value is -3.80. The number of thiazole rings is 1. The number of hydrogen-bond donors (Lipinski definition) is 3. The summed E-state index contributed by atoms with van der Waals surface area (Å²) in [6.07, 6.45) is 1.68. The molecule has 3 aliphatic rings. The lowest BCUT2D eigenvalue weighted by molar-refractivity contribution is -0.140. The lowest BCUT2D eigenvalue weighted by Crippen LogP contribution is -2.37. The van der Waals surface area contributed by atoms with Gasteiger partial charge in [0.1, 0.15) is 33.5 Å². The summed E-state index contributed by atoms with van der Waals surface area (Å²) in [5.74, 6) is -3.72. The van der Waals surface area contributed by atoms with Crippen molar-refractivity contribution in [3.8, 4) is 11.5 Å². The van der Waals surface area contributed by atoms with Crippen molar-refractivity contribution in [3.63, 3.8) is 0 Å². The summed E-state index contributed by atoms with van der Waals surface area (Å²) >= 11 is 8.15. The van der Waals surface area contributed by atoms with E-state index in [-0.39, 0.29) is 37.7 Å². The predicted octanol–water partition coefficient (Wildman–Crippen LogP) is 1.12. The molecule has 0 atom stereocenters. The molecule has 1 amide bonds. The molecule has 1 fully saturated rings. The molecule has 4 heterocycles. The first-order valence-corrected chi connectivity index (χ1v) is 15.0. The van der Waals surface area contributed by atoms with Gasteiger partial charge in [-0.15, -0.1) is 11.3 Å². The van der Waals surface area contributed by atoms with Gasteiger partial charge in [0.25, 0.3) is 11.5 Å². The van der Waals surface area contributed by atoms with E-state index in [0.717, 1.165) is 37.5 Å². The zero-order valence-corrected chi connectivity index (χ0v) is 25.1. The standard InChI is InChI=1S/C25H21N3O10S4/c1-10(2)11(3-16-26(6-17(29)30)12-4-13-14(38-9-37-13)5-15(12)40-16)20-22(35)27(7-18(31)32)24(41-20)21-23(36)28(8-19(33)34)25(39)42-21/h3-5,10H,6-9H2,1-2H3,(H,29,30)(H,31,32)(H,33,34). The molecule has 0 bridgehead atoms. The van der Waals surface area contributed by atoms with E-state index < -0.39 is 42.5 Å². The largest absolute Gasteiger partial charge is 0.480 e. The van der Waals surface area contributed by atoms with E-state index in [2.05, 4.69) is 0 Å². The predicted molar refractivity (Wildman–Crippen MR) is 158 cm³/mol. The van der Waals surface area contributed by atoms with Crippen LogP contribution in [0.25, 0.3) is 10.5 Å². The minimum atomic E-state index is -1.32. The molecule has 1 aromatic carbocycles. The van der Waals surface area contributed by atoms with Crippen LogP contribution in [-0.2, 0) is 25.7 Å². The van der Waals surface area contributed by atoms with Crippen molar-refractivity contribution in [2.45, 2.75) is 25.3 Å². The third-order valence-corrected chi connectivity index (χ3v) is 10.1. The SMILES string of the molecule is CC(C)C(C=C1Sc2cc3c(cc2N1CC(=O)O)OCO3)=c1sc(=C2SC(=S)N(CC(=O)O)C2=O)n(CC(=O)O)c1=O.